The molecule has 6 heteroatoms. The maximum atomic E-state index is 12.7. The van der Waals surface area contributed by atoms with Gasteiger partial charge in [0.25, 0.3) is 0 Å². The molecular weight excluding hydrogens is 276 g/mol. The molecule has 1 saturated heterocycles. The Kier molecular flexibility index (Phi) is 4.67. The largest absolute Gasteiger partial charge is 0.398 e. The number of hydrogen-bond acceptors (Lipinski definition) is 4. The predicted octanol–water partition coefficient (Wildman–Crippen LogP) is 1.50. The van der Waals surface area contributed by atoms with Crippen molar-refractivity contribution in [2.45, 2.75) is 43.5 Å². The molecule has 0 saturated carbocycles. The smallest absolute Gasteiger partial charge is 0.243 e. The Bertz CT molecular complexity index is 572. The van der Waals surface area contributed by atoms with Gasteiger partial charge in [-0.15, -0.1) is 0 Å². The maximum Gasteiger partial charge on any atom is 0.243 e. The highest BCUT2D eigenvalue weighted by molar-refractivity contribution is 7.89. The second-order valence-electron chi connectivity index (χ2n) is 5.32. The number of nitrogens with two attached hydrogens (primary N) is 1. The number of sulfonamides is 1. The molecule has 1 atom stereocenters. The molecule has 0 spiro atoms. The number of rotatable bonds is 3. The van der Waals surface area contributed by atoms with Crippen molar-refractivity contribution in [2.75, 3.05) is 18.9 Å². The van der Waals surface area contributed by atoms with Gasteiger partial charge in [-0.25, -0.2) is 8.42 Å². The van der Waals surface area contributed by atoms with Crippen LogP contribution in [-0.4, -0.2) is 37.0 Å². The average Bonchev–Trinajstić information content (AvgIpc) is 2.67. The maximum absolute atomic E-state index is 12.7. The Morgan fingerprint density at radius 2 is 2.10 bits per heavy atom. The van der Waals surface area contributed by atoms with E-state index in [4.69, 9.17) is 5.73 Å². The van der Waals surface area contributed by atoms with Crippen molar-refractivity contribution < 1.29 is 13.5 Å². The molecule has 1 aromatic carbocycles. The summed E-state index contributed by atoms with van der Waals surface area (Å²) in [4.78, 5) is 0.209. The highest BCUT2D eigenvalue weighted by Gasteiger charge is 2.32. The fourth-order valence-corrected chi connectivity index (χ4v) is 4.28. The third-order valence-electron chi connectivity index (χ3n) is 3.89. The molecule has 0 aromatic heterocycles. The van der Waals surface area contributed by atoms with E-state index in [1.807, 2.05) is 6.92 Å². The van der Waals surface area contributed by atoms with Crippen molar-refractivity contribution in [3.05, 3.63) is 23.8 Å². The molecule has 1 fully saturated rings. The van der Waals surface area contributed by atoms with Crippen molar-refractivity contribution in [3.8, 4) is 0 Å². The third-order valence-corrected chi connectivity index (χ3v) is 5.84. The van der Waals surface area contributed by atoms with E-state index in [0.29, 0.717) is 18.7 Å². The number of aliphatic hydroxyl groups is 1. The average molecular weight is 298 g/mol. The summed E-state index contributed by atoms with van der Waals surface area (Å²) >= 11 is 0. The highest BCUT2D eigenvalue weighted by atomic mass is 32.2. The molecule has 1 aliphatic rings. The first kappa shape index (κ1) is 15.3. The summed E-state index contributed by atoms with van der Waals surface area (Å²) in [5.41, 5.74) is 7.15. The van der Waals surface area contributed by atoms with Gasteiger partial charge >= 0.3 is 0 Å². The van der Waals surface area contributed by atoms with Crippen LogP contribution in [0.2, 0.25) is 0 Å². The number of hydrogen-bond donors (Lipinski definition) is 2. The van der Waals surface area contributed by atoms with E-state index in [2.05, 4.69) is 0 Å². The quantitative estimate of drug-likeness (QED) is 0.828. The molecule has 0 aliphatic carbocycles. The fourth-order valence-electron chi connectivity index (χ4n) is 2.56. The molecule has 1 aliphatic heterocycles. The van der Waals surface area contributed by atoms with Crippen molar-refractivity contribution >= 4 is 15.7 Å². The van der Waals surface area contributed by atoms with Crippen LogP contribution in [0, 0.1) is 6.92 Å². The van der Waals surface area contributed by atoms with Gasteiger partial charge in [-0.2, -0.15) is 4.31 Å². The summed E-state index contributed by atoms with van der Waals surface area (Å²) in [6.07, 6.45) is 3.49. The molecular formula is C14H22N2O3S. The van der Waals surface area contributed by atoms with Crippen LogP contribution in [-0.2, 0) is 10.0 Å². The summed E-state index contributed by atoms with van der Waals surface area (Å²) in [6.45, 7) is 2.16. The lowest BCUT2D eigenvalue weighted by Gasteiger charge is -2.27. The minimum atomic E-state index is -3.59. The van der Waals surface area contributed by atoms with E-state index >= 15 is 0 Å². The summed E-state index contributed by atoms with van der Waals surface area (Å²) in [6, 6.07) is 4.48. The number of anilines is 1. The molecule has 2 rings (SSSR count). The number of aryl methyl sites for hydroxylation is 1. The Labute approximate surface area is 120 Å². The van der Waals surface area contributed by atoms with Gasteiger partial charge in [0, 0.05) is 18.3 Å². The number of nitrogen functional groups attached to an aromatic ring is 1. The van der Waals surface area contributed by atoms with E-state index in [1.165, 1.54) is 10.4 Å². The zero-order valence-corrected chi connectivity index (χ0v) is 12.6. The Morgan fingerprint density at radius 3 is 2.75 bits per heavy atom. The van der Waals surface area contributed by atoms with Gasteiger partial charge in [0.15, 0.2) is 0 Å². The zero-order valence-electron chi connectivity index (χ0n) is 11.7. The lowest BCUT2D eigenvalue weighted by molar-refractivity contribution is 0.186. The Morgan fingerprint density at radius 1 is 1.35 bits per heavy atom. The van der Waals surface area contributed by atoms with E-state index < -0.39 is 10.0 Å². The van der Waals surface area contributed by atoms with Crippen LogP contribution in [0.5, 0.6) is 0 Å². The lowest BCUT2D eigenvalue weighted by atomic mass is 10.1. The van der Waals surface area contributed by atoms with Crippen molar-refractivity contribution in [1.82, 2.24) is 4.31 Å². The first-order valence-corrected chi connectivity index (χ1v) is 8.39. The summed E-state index contributed by atoms with van der Waals surface area (Å²) < 4.78 is 26.9. The third kappa shape index (κ3) is 2.97. The van der Waals surface area contributed by atoms with Crippen LogP contribution >= 0.6 is 0 Å². The monoisotopic (exact) mass is 298 g/mol. The van der Waals surface area contributed by atoms with Crippen molar-refractivity contribution in [3.63, 3.8) is 0 Å². The molecule has 0 bridgehead atoms. The second kappa shape index (κ2) is 6.11. The Hall–Kier alpha value is -1.11. The number of nitrogens with zero attached hydrogens (tertiary/aromatic N) is 1. The number of benzene rings is 1. The van der Waals surface area contributed by atoms with Gasteiger partial charge < -0.3 is 10.8 Å². The van der Waals surface area contributed by atoms with E-state index in [1.54, 1.807) is 12.1 Å². The van der Waals surface area contributed by atoms with Gasteiger partial charge in [-0.05, 0) is 37.5 Å². The normalized spacial score (nSPS) is 21.6. The lowest BCUT2D eigenvalue weighted by Crippen LogP contribution is -2.42. The highest BCUT2D eigenvalue weighted by Crippen LogP contribution is 2.26. The molecule has 1 heterocycles. The summed E-state index contributed by atoms with van der Waals surface area (Å²) in [5, 5.41) is 9.46. The fraction of sp³-hybridized carbons (Fsp3) is 0.571. The topological polar surface area (TPSA) is 83.6 Å². The van der Waals surface area contributed by atoms with Gasteiger partial charge in [0.1, 0.15) is 0 Å². The standard InChI is InChI=1S/C14H22N2O3S/c1-11-6-7-13(9-14(11)15)20(18,19)16-8-4-2-3-5-12(16)10-17/h6-7,9,12,17H,2-5,8,10,15H2,1H3. The predicted molar refractivity (Wildman–Crippen MR) is 78.8 cm³/mol. The number of aliphatic hydroxyl groups excluding tert-OH is 1. The summed E-state index contributed by atoms with van der Waals surface area (Å²) in [7, 11) is -3.59. The Balaban J connectivity index is 2.38. The SMILES string of the molecule is Cc1ccc(S(=O)(=O)N2CCCCCC2CO)cc1N. The molecule has 0 amide bonds. The summed E-state index contributed by atoms with van der Waals surface area (Å²) in [5.74, 6) is 0. The molecule has 112 valence electrons. The first-order valence-electron chi connectivity index (χ1n) is 6.95. The van der Waals surface area contributed by atoms with Gasteiger partial charge in [0.05, 0.1) is 11.5 Å². The molecule has 0 radical (unpaired) electrons. The van der Waals surface area contributed by atoms with Crippen molar-refractivity contribution in [1.29, 1.82) is 0 Å². The van der Waals surface area contributed by atoms with Crippen LogP contribution in [0.3, 0.4) is 0 Å². The van der Waals surface area contributed by atoms with Gasteiger partial charge in [0.2, 0.25) is 10.0 Å². The second-order valence-corrected chi connectivity index (χ2v) is 7.21. The molecule has 20 heavy (non-hydrogen) atoms. The van der Waals surface area contributed by atoms with Crippen LogP contribution < -0.4 is 5.73 Å². The minimum Gasteiger partial charge on any atom is -0.398 e. The van der Waals surface area contributed by atoms with Gasteiger partial charge in [-0.3, -0.25) is 0 Å². The van der Waals surface area contributed by atoms with Crippen LogP contribution in [0.4, 0.5) is 5.69 Å². The van der Waals surface area contributed by atoms with Crippen LogP contribution in [0.25, 0.3) is 0 Å². The van der Waals surface area contributed by atoms with Crippen LogP contribution in [0.15, 0.2) is 23.1 Å². The zero-order chi connectivity index (χ0) is 14.8. The van der Waals surface area contributed by atoms with Crippen molar-refractivity contribution in [2.24, 2.45) is 0 Å². The van der Waals surface area contributed by atoms with E-state index in [9.17, 15) is 13.5 Å². The molecule has 1 aromatic rings. The first-order chi connectivity index (χ1) is 9.46. The molecule has 1 unspecified atom stereocenters. The molecule has 5 nitrogen and oxygen atoms in total. The van der Waals surface area contributed by atoms with Gasteiger partial charge in [-0.1, -0.05) is 18.9 Å². The van der Waals surface area contributed by atoms with E-state index in [0.717, 1.165) is 24.8 Å². The minimum absolute atomic E-state index is 0.138. The molecule has 3 N–H and O–H groups in total. The van der Waals surface area contributed by atoms with E-state index in [-0.39, 0.29) is 17.5 Å². The van der Waals surface area contributed by atoms with Crippen LogP contribution in [0.1, 0.15) is 31.2 Å².